The van der Waals surface area contributed by atoms with Crippen LogP contribution >= 0.6 is 0 Å². The van der Waals surface area contributed by atoms with Crippen LogP contribution in [-0.2, 0) is 0 Å². The minimum atomic E-state index is -0.435. The molecule has 0 radical (unpaired) electrons. The van der Waals surface area contributed by atoms with E-state index in [4.69, 9.17) is 0 Å². The Morgan fingerprint density at radius 3 is 2.62 bits per heavy atom. The molecule has 29 heavy (non-hydrogen) atoms. The molecule has 0 atom stereocenters. The molecule has 0 spiro atoms. The van der Waals surface area contributed by atoms with Crippen LogP contribution in [0.15, 0.2) is 73.8 Å². The van der Waals surface area contributed by atoms with E-state index in [1.807, 2.05) is 39.2 Å². The summed E-state index contributed by atoms with van der Waals surface area (Å²) in [6.45, 7) is 15.0. The van der Waals surface area contributed by atoms with E-state index in [0.29, 0.717) is 6.54 Å². The van der Waals surface area contributed by atoms with E-state index in [2.05, 4.69) is 65.2 Å². The van der Waals surface area contributed by atoms with Gasteiger partial charge in [-0.05, 0) is 53.6 Å². The fraction of sp³-hybridized carbons (Fsp3) is 0.240. The lowest BCUT2D eigenvalue weighted by Crippen LogP contribution is -2.30. The molecule has 1 aromatic heterocycles. The van der Waals surface area contributed by atoms with Gasteiger partial charge in [0.05, 0.1) is 17.2 Å². The summed E-state index contributed by atoms with van der Waals surface area (Å²) in [5.74, 6) is 0.150. The largest absolute Gasteiger partial charge is 0.512 e. The van der Waals surface area contributed by atoms with Gasteiger partial charge in [0.25, 0.3) is 0 Å². The van der Waals surface area contributed by atoms with Crippen LogP contribution in [0.3, 0.4) is 0 Å². The molecule has 2 aromatic rings. The zero-order valence-corrected chi connectivity index (χ0v) is 17.4. The second-order valence-electron chi connectivity index (χ2n) is 8.06. The molecule has 0 fully saturated rings. The van der Waals surface area contributed by atoms with Gasteiger partial charge in [0, 0.05) is 30.3 Å². The molecule has 0 unspecified atom stereocenters. The van der Waals surface area contributed by atoms with E-state index in [1.165, 1.54) is 11.1 Å². The number of nitrogens with zero attached hydrogens (tertiary/aromatic N) is 1. The third-order valence-electron chi connectivity index (χ3n) is 5.26. The number of nitrogens with one attached hydrogen (secondary N) is 2. The van der Waals surface area contributed by atoms with E-state index in [1.54, 1.807) is 0 Å². The van der Waals surface area contributed by atoms with E-state index in [0.717, 1.165) is 34.6 Å². The van der Waals surface area contributed by atoms with Crippen LogP contribution in [0.4, 0.5) is 0 Å². The Balaban J connectivity index is 1.79. The molecule has 1 aliphatic rings. The Hall–Kier alpha value is -3.27. The van der Waals surface area contributed by atoms with Gasteiger partial charge >= 0.3 is 0 Å². The summed E-state index contributed by atoms with van der Waals surface area (Å²) < 4.78 is 0. The second-order valence-corrected chi connectivity index (χ2v) is 8.06. The lowest BCUT2D eigenvalue weighted by molar-refractivity contribution is 0.259. The molecule has 1 aromatic carbocycles. The van der Waals surface area contributed by atoms with Crippen LogP contribution in [0.1, 0.15) is 30.7 Å². The first-order valence-electron chi connectivity index (χ1n) is 9.76. The number of allylic oxidation sites excluding steroid dienone is 2. The van der Waals surface area contributed by atoms with Gasteiger partial charge in [-0.25, -0.2) is 0 Å². The van der Waals surface area contributed by atoms with Crippen molar-refractivity contribution >= 4 is 11.3 Å². The summed E-state index contributed by atoms with van der Waals surface area (Å²) in [6.07, 6.45) is 8.01. The maximum atomic E-state index is 9.71. The summed E-state index contributed by atoms with van der Waals surface area (Å²) >= 11 is 0. The number of pyridine rings is 1. The van der Waals surface area contributed by atoms with E-state index in [9.17, 15) is 5.11 Å². The molecule has 0 saturated carbocycles. The lowest BCUT2D eigenvalue weighted by Gasteiger charge is -2.25. The molecule has 3 N–H and O–H groups in total. The minimum absolute atomic E-state index is 0.150. The number of aliphatic hydroxyl groups excluding tert-OH is 1. The van der Waals surface area contributed by atoms with Gasteiger partial charge in [-0.15, -0.1) is 0 Å². The van der Waals surface area contributed by atoms with Gasteiger partial charge in [-0.1, -0.05) is 51.3 Å². The monoisotopic (exact) mass is 387 g/mol. The predicted molar refractivity (Wildman–Crippen MR) is 122 cm³/mol. The van der Waals surface area contributed by atoms with E-state index >= 15 is 0 Å². The third kappa shape index (κ3) is 4.77. The highest BCUT2D eigenvalue weighted by atomic mass is 16.3. The number of hydrogen-bond donors (Lipinski definition) is 3. The van der Waals surface area contributed by atoms with Gasteiger partial charge in [0.2, 0.25) is 0 Å². The van der Waals surface area contributed by atoms with Crippen molar-refractivity contribution in [3.8, 4) is 11.1 Å². The van der Waals surface area contributed by atoms with Crippen LogP contribution in [-0.4, -0.2) is 23.2 Å². The van der Waals surface area contributed by atoms with Crippen molar-refractivity contribution < 1.29 is 5.11 Å². The molecule has 150 valence electrons. The molecule has 0 aliphatic carbocycles. The Morgan fingerprint density at radius 2 is 1.97 bits per heavy atom. The number of hydrogen-bond acceptors (Lipinski definition) is 4. The first-order chi connectivity index (χ1) is 13.8. The average Bonchev–Trinajstić information content (AvgIpc) is 2.72. The normalized spacial score (nSPS) is 13.4. The van der Waals surface area contributed by atoms with E-state index < -0.39 is 5.41 Å². The molecule has 0 saturated heterocycles. The zero-order chi connectivity index (χ0) is 21.0. The number of aromatic nitrogens is 1. The SMILES string of the molecule is C=C(NCC(C)(C)C(=C)O)c1ncc(-c2cccc(C3=CC=CNC3)c2)cc1C. The van der Waals surface area contributed by atoms with Gasteiger partial charge in [0.15, 0.2) is 0 Å². The maximum Gasteiger partial charge on any atom is 0.0924 e. The van der Waals surface area contributed by atoms with Crippen LogP contribution in [0, 0.1) is 12.3 Å². The number of aryl methyl sites for hydroxylation is 1. The summed E-state index contributed by atoms with van der Waals surface area (Å²) in [4.78, 5) is 4.66. The molecule has 4 nitrogen and oxygen atoms in total. The smallest absolute Gasteiger partial charge is 0.0924 e. The summed E-state index contributed by atoms with van der Waals surface area (Å²) in [5.41, 5.74) is 6.86. The first-order valence-corrected chi connectivity index (χ1v) is 9.76. The standard InChI is InChI=1S/C25H29N3O/c1-17-12-23(15-27-24(17)18(2)28-16-25(4,5)19(3)29)21-9-6-8-20(13-21)22-10-7-11-26-14-22/h6-13,15,26,28-29H,2-3,14,16H2,1,4-5H3. The lowest BCUT2D eigenvalue weighted by atomic mass is 9.91. The molecular formula is C25H29N3O. The Labute approximate surface area is 173 Å². The molecule has 1 aliphatic heterocycles. The van der Waals surface area contributed by atoms with Crippen molar-refractivity contribution in [1.82, 2.24) is 15.6 Å². The second kappa shape index (κ2) is 8.39. The maximum absolute atomic E-state index is 9.71. The molecule has 2 heterocycles. The third-order valence-corrected chi connectivity index (χ3v) is 5.26. The summed E-state index contributed by atoms with van der Waals surface area (Å²) in [7, 11) is 0. The molecule has 3 rings (SSSR count). The van der Waals surface area contributed by atoms with Gasteiger partial charge in [-0.3, -0.25) is 4.98 Å². The summed E-state index contributed by atoms with van der Waals surface area (Å²) in [5, 5.41) is 16.2. The van der Waals surface area contributed by atoms with Gasteiger partial charge in [0.1, 0.15) is 0 Å². The van der Waals surface area contributed by atoms with Crippen LogP contribution < -0.4 is 10.6 Å². The Kier molecular flexibility index (Phi) is 5.92. The summed E-state index contributed by atoms with van der Waals surface area (Å²) in [6, 6.07) is 10.7. The quantitative estimate of drug-likeness (QED) is 0.571. The minimum Gasteiger partial charge on any atom is -0.512 e. The first kappa shape index (κ1) is 20.5. The molecule has 4 heteroatoms. The van der Waals surface area contributed by atoms with Crippen molar-refractivity contribution in [3.05, 3.63) is 90.6 Å². The van der Waals surface area contributed by atoms with Crippen molar-refractivity contribution in [1.29, 1.82) is 0 Å². The van der Waals surface area contributed by atoms with Crippen LogP contribution in [0.25, 0.3) is 22.4 Å². The van der Waals surface area contributed by atoms with Crippen molar-refractivity contribution in [2.75, 3.05) is 13.1 Å². The molecule has 0 bridgehead atoms. The number of dihydropyridines is 1. The van der Waals surface area contributed by atoms with Crippen molar-refractivity contribution in [2.24, 2.45) is 5.41 Å². The highest BCUT2D eigenvalue weighted by Gasteiger charge is 2.22. The Bertz CT molecular complexity index is 999. The van der Waals surface area contributed by atoms with E-state index in [-0.39, 0.29) is 5.76 Å². The van der Waals surface area contributed by atoms with Gasteiger partial charge in [-0.2, -0.15) is 0 Å². The number of benzene rings is 1. The highest BCUT2D eigenvalue weighted by Crippen LogP contribution is 2.27. The zero-order valence-electron chi connectivity index (χ0n) is 17.4. The Morgan fingerprint density at radius 1 is 1.21 bits per heavy atom. The van der Waals surface area contributed by atoms with Crippen molar-refractivity contribution in [3.63, 3.8) is 0 Å². The van der Waals surface area contributed by atoms with Gasteiger partial charge < -0.3 is 15.7 Å². The predicted octanol–water partition coefficient (Wildman–Crippen LogP) is 5.22. The van der Waals surface area contributed by atoms with Crippen molar-refractivity contribution in [2.45, 2.75) is 20.8 Å². The molecule has 0 amide bonds. The number of rotatable bonds is 7. The highest BCUT2D eigenvalue weighted by molar-refractivity contribution is 5.75. The van der Waals surface area contributed by atoms with Crippen LogP contribution in [0.2, 0.25) is 0 Å². The average molecular weight is 388 g/mol. The fourth-order valence-electron chi connectivity index (χ4n) is 3.12. The fourth-order valence-corrected chi connectivity index (χ4v) is 3.12. The molecular weight excluding hydrogens is 358 g/mol. The van der Waals surface area contributed by atoms with Crippen LogP contribution in [0.5, 0.6) is 0 Å². The topological polar surface area (TPSA) is 57.2 Å². The number of aliphatic hydroxyl groups is 1.